The molecule has 1 unspecified atom stereocenters. The number of hydrogen-bond acceptors (Lipinski definition) is 2. The van der Waals surface area contributed by atoms with Gasteiger partial charge in [-0.3, -0.25) is 4.79 Å². The number of carbonyl (C=O) groups excluding carboxylic acids is 1. The van der Waals surface area contributed by atoms with Crippen molar-refractivity contribution < 1.29 is 4.79 Å². The Hall–Kier alpha value is -2.59. The molecule has 0 radical (unpaired) electrons. The molecule has 0 bridgehead atoms. The number of aromatic nitrogens is 1. The molecule has 0 spiro atoms. The summed E-state index contributed by atoms with van der Waals surface area (Å²) in [6.45, 7) is 0. The molecule has 5 heteroatoms. The summed E-state index contributed by atoms with van der Waals surface area (Å²) in [6, 6.07) is 16.1. The van der Waals surface area contributed by atoms with E-state index >= 15 is 0 Å². The Morgan fingerprint density at radius 1 is 1.17 bits per heavy atom. The molecule has 3 aromatic rings. The lowest BCUT2D eigenvalue weighted by Gasteiger charge is -2.13. The summed E-state index contributed by atoms with van der Waals surface area (Å²) in [5, 5.41) is 1.83. The van der Waals surface area contributed by atoms with Crippen LogP contribution in [0.5, 0.6) is 0 Å². The molecule has 0 aliphatic carbocycles. The van der Waals surface area contributed by atoms with Crippen LogP contribution in [0.15, 0.2) is 53.5 Å². The van der Waals surface area contributed by atoms with Crippen LogP contribution in [0.2, 0.25) is 5.02 Å². The molecule has 2 aromatic carbocycles. The fraction of sp³-hybridized carbons (Fsp3) is 0.158. The quantitative estimate of drug-likeness (QED) is 0.604. The topological polar surface area (TPSA) is 37.6 Å². The number of para-hydroxylation sites is 1. The summed E-state index contributed by atoms with van der Waals surface area (Å²) >= 11 is 6.26. The minimum absolute atomic E-state index is 0.0268. The number of aliphatic imine (C=N–C) groups is 1. The summed E-state index contributed by atoms with van der Waals surface area (Å²) in [5.41, 5.74) is 3.99. The van der Waals surface area contributed by atoms with Crippen LogP contribution in [-0.2, 0) is 4.79 Å². The lowest BCUT2D eigenvalue weighted by atomic mass is 10.0. The zero-order valence-electron chi connectivity index (χ0n) is 13.0. The van der Waals surface area contributed by atoms with Gasteiger partial charge in [0.15, 0.2) is 0 Å². The third-order valence-electron chi connectivity index (χ3n) is 4.92. The highest BCUT2D eigenvalue weighted by atomic mass is 35.5. The Balaban J connectivity index is 1.93. The van der Waals surface area contributed by atoms with E-state index < -0.39 is 0 Å². The van der Waals surface area contributed by atoms with Gasteiger partial charge < -0.3 is 9.47 Å². The molecular weight excluding hydrogens is 322 g/mol. The number of nitrogens with zero attached hydrogens (tertiary/aromatic N) is 3. The summed E-state index contributed by atoms with van der Waals surface area (Å²) in [7, 11) is 1.80. The van der Waals surface area contributed by atoms with E-state index in [1.165, 1.54) is 0 Å². The molecule has 0 N–H and O–H groups in total. The van der Waals surface area contributed by atoms with Crippen molar-refractivity contribution in [3.05, 3.63) is 59.2 Å². The number of likely N-dealkylation sites (N-methyl/N-ethyl adjacent to an activating group) is 1. The van der Waals surface area contributed by atoms with Gasteiger partial charge in [0, 0.05) is 29.6 Å². The predicted octanol–water partition coefficient (Wildman–Crippen LogP) is 4.27. The van der Waals surface area contributed by atoms with Crippen molar-refractivity contribution in [1.29, 1.82) is 0 Å². The van der Waals surface area contributed by atoms with Gasteiger partial charge >= 0.3 is 0 Å². The van der Waals surface area contributed by atoms with Gasteiger partial charge in [0.1, 0.15) is 5.84 Å². The molecule has 5 rings (SSSR count). The van der Waals surface area contributed by atoms with Crippen molar-refractivity contribution in [2.45, 2.75) is 12.3 Å². The Bertz CT molecular complexity index is 1050. The number of amidine groups is 1. The predicted molar refractivity (Wildman–Crippen MR) is 95.5 cm³/mol. The first-order valence-electron chi connectivity index (χ1n) is 7.89. The van der Waals surface area contributed by atoms with Gasteiger partial charge in [-0.1, -0.05) is 29.8 Å². The number of fused-ring (bicyclic) bond motifs is 7. The molecule has 1 fully saturated rings. The summed E-state index contributed by atoms with van der Waals surface area (Å²) < 4.78 is 2.20. The average molecular weight is 336 g/mol. The number of benzene rings is 2. The molecule has 2 aliphatic rings. The number of carbonyl (C=O) groups is 1. The van der Waals surface area contributed by atoms with Gasteiger partial charge in [-0.2, -0.15) is 0 Å². The maximum Gasteiger partial charge on any atom is 0.228 e. The lowest BCUT2D eigenvalue weighted by molar-refractivity contribution is -0.124. The second-order valence-electron chi connectivity index (χ2n) is 6.28. The summed E-state index contributed by atoms with van der Waals surface area (Å²) in [6.07, 6.45) is 0.452. The van der Waals surface area contributed by atoms with E-state index in [1.807, 2.05) is 30.3 Å². The third kappa shape index (κ3) is 1.74. The fourth-order valence-electron chi connectivity index (χ4n) is 3.75. The first-order chi connectivity index (χ1) is 11.6. The van der Waals surface area contributed by atoms with Crippen LogP contribution in [0.3, 0.4) is 0 Å². The normalized spacial score (nSPS) is 18.9. The highest BCUT2D eigenvalue weighted by Crippen LogP contribution is 2.42. The van der Waals surface area contributed by atoms with Crippen LogP contribution in [0.25, 0.3) is 16.6 Å². The first-order valence-corrected chi connectivity index (χ1v) is 8.27. The van der Waals surface area contributed by atoms with E-state index in [0.29, 0.717) is 11.4 Å². The van der Waals surface area contributed by atoms with Gasteiger partial charge in [-0.05, 0) is 30.3 Å². The molecule has 3 heterocycles. The van der Waals surface area contributed by atoms with Crippen molar-refractivity contribution in [3.8, 4) is 5.69 Å². The number of rotatable bonds is 0. The van der Waals surface area contributed by atoms with Gasteiger partial charge in [-0.15, -0.1) is 0 Å². The molecule has 4 nitrogen and oxygen atoms in total. The SMILES string of the molecule is CN1C(=O)CC2C1=Nc1ccc(Cl)cc1-n1c2cc2ccccc21. The number of hydrogen-bond donors (Lipinski definition) is 0. The molecule has 118 valence electrons. The van der Waals surface area contributed by atoms with Gasteiger partial charge in [0.2, 0.25) is 5.91 Å². The van der Waals surface area contributed by atoms with Crippen LogP contribution >= 0.6 is 11.6 Å². The molecule has 2 aliphatic heterocycles. The second kappa shape index (κ2) is 4.71. The smallest absolute Gasteiger partial charge is 0.228 e. The maximum absolute atomic E-state index is 12.3. The molecule has 1 saturated heterocycles. The van der Waals surface area contributed by atoms with Gasteiger partial charge in [-0.25, -0.2) is 4.99 Å². The van der Waals surface area contributed by atoms with Crippen molar-refractivity contribution in [2.75, 3.05) is 7.05 Å². The fourth-order valence-corrected chi connectivity index (χ4v) is 3.92. The maximum atomic E-state index is 12.3. The van der Waals surface area contributed by atoms with Crippen LogP contribution < -0.4 is 0 Å². The number of amides is 1. The molecule has 24 heavy (non-hydrogen) atoms. The summed E-state index contributed by atoms with van der Waals surface area (Å²) in [4.78, 5) is 18.7. The van der Waals surface area contributed by atoms with Crippen molar-refractivity contribution in [1.82, 2.24) is 9.47 Å². The first kappa shape index (κ1) is 13.8. The van der Waals surface area contributed by atoms with E-state index in [9.17, 15) is 4.79 Å². The lowest BCUT2D eigenvalue weighted by Crippen LogP contribution is -2.25. The third-order valence-corrected chi connectivity index (χ3v) is 5.15. The minimum atomic E-state index is -0.0268. The molecular formula is C19H14ClN3O. The van der Waals surface area contributed by atoms with Crippen LogP contribution in [0.4, 0.5) is 5.69 Å². The van der Waals surface area contributed by atoms with Crippen LogP contribution in [-0.4, -0.2) is 28.3 Å². The zero-order valence-corrected chi connectivity index (χ0v) is 13.8. The minimum Gasteiger partial charge on any atom is -0.311 e. The summed E-state index contributed by atoms with van der Waals surface area (Å²) in [5.74, 6) is 0.888. The largest absolute Gasteiger partial charge is 0.311 e. The number of likely N-dealkylation sites (tertiary alicyclic amines) is 1. The highest BCUT2D eigenvalue weighted by Gasteiger charge is 2.39. The molecule has 0 saturated carbocycles. The molecule has 1 amide bonds. The van der Waals surface area contributed by atoms with Crippen LogP contribution in [0, 0.1) is 0 Å². The Morgan fingerprint density at radius 2 is 2.00 bits per heavy atom. The Morgan fingerprint density at radius 3 is 2.88 bits per heavy atom. The molecule has 1 aromatic heterocycles. The van der Waals surface area contributed by atoms with E-state index in [0.717, 1.165) is 33.8 Å². The van der Waals surface area contributed by atoms with Crippen LogP contribution in [0.1, 0.15) is 18.0 Å². The van der Waals surface area contributed by atoms with E-state index in [2.05, 4.69) is 22.8 Å². The number of halogens is 1. The highest BCUT2D eigenvalue weighted by molar-refractivity contribution is 6.31. The zero-order chi connectivity index (χ0) is 16.4. The Kier molecular flexibility index (Phi) is 2.71. The standard InChI is InChI=1S/C19H14ClN3O/c1-22-18(24)10-13-16-8-11-4-2-3-5-15(11)23(16)17-9-12(20)6-7-14(17)21-19(13)22/h2-9,13H,10H2,1H3. The van der Waals surface area contributed by atoms with E-state index in [4.69, 9.17) is 16.6 Å². The monoisotopic (exact) mass is 335 g/mol. The molecule has 1 atom stereocenters. The van der Waals surface area contributed by atoms with E-state index in [-0.39, 0.29) is 11.8 Å². The van der Waals surface area contributed by atoms with Gasteiger partial charge in [0.25, 0.3) is 0 Å². The van der Waals surface area contributed by atoms with Gasteiger partial charge in [0.05, 0.1) is 22.8 Å². The van der Waals surface area contributed by atoms with E-state index in [1.54, 1.807) is 11.9 Å². The Labute approximate surface area is 144 Å². The van der Waals surface area contributed by atoms with Crippen molar-refractivity contribution >= 4 is 39.9 Å². The second-order valence-corrected chi connectivity index (χ2v) is 6.71. The van der Waals surface area contributed by atoms with Crippen molar-refractivity contribution in [2.24, 2.45) is 4.99 Å². The average Bonchev–Trinajstić information content (AvgIpc) is 3.05. The van der Waals surface area contributed by atoms with Crippen molar-refractivity contribution in [3.63, 3.8) is 0 Å².